The van der Waals surface area contributed by atoms with E-state index in [9.17, 15) is 23.3 Å². The van der Waals surface area contributed by atoms with Crippen molar-refractivity contribution < 1.29 is 22.9 Å². The van der Waals surface area contributed by atoms with Crippen LogP contribution in [-0.4, -0.2) is 30.2 Å². The van der Waals surface area contributed by atoms with Gasteiger partial charge in [0.05, 0.1) is 15.9 Å². The maximum atomic E-state index is 12.6. The van der Waals surface area contributed by atoms with Gasteiger partial charge in [-0.15, -0.1) is 0 Å². The quantitative estimate of drug-likeness (QED) is 0.265. The summed E-state index contributed by atoms with van der Waals surface area (Å²) in [5, 5.41) is 10.7. The largest absolute Gasteiger partial charge is 0.427 e. The van der Waals surface area contributed by atoms with Crippen LogP contribution in [0.2, 0.25) is 0 Å². The summed E-state index contributed by atoms with van der Waals surface area (Å²) in [6, 6.07) is 11.1. The van der Waals surface area contributed by atoms with E-state index in [-0.39, 0.29) is 16.6 Å². The Hall–Kier alpha value is -2.78. The average molecular weight is 362 g/mol. The first-order chi connectivity index (χ1) is 11.8. The Morgan fingerprint density at radius 2 is 1.76 bits per heavy atom. The Kier molecular flexibility index (Phi) is 4.27. The lowest BCUT2D eigenvalue weighted by molar-refractivity contribution is -0.384. The molecule has 1 heterocycles. The predicted octanol–water partition coefficient (Wildman–Crippen LogP) is 2.27. The molecule has 0 amide bonds. The van der Waals surface area contributed by atoms with Crippen LogP contribution >= 0.6 is 0 Å². The summed E-state index contributed by atoms with van der Waals surface area (Å²) in [7, 11) is -3.71. The monoisotopic (exact) mass is 362 g/mol. The molecule has 0 aliphatic carbocycles. The van der Waals surface area contributed by atoms with Gasteiger partial charge in [0.1, 0.15) is 5.75 Å². The van der Waals surface area contributed by atoms with Crippen molar-refractivity contribution in [1.29, 1.82) is 0 Å². The van der Waals surface area contributed by atoms with Crippen LogP contribution in [0.3, 0.4) is 0 Å². The molecule has 0 bridgehead atoms. The molecule has 1 fully saturated rings. The molecule has 8 nitrogen and oxygen atoms in total. The summed E-state index contributed by atoms with van der Waals surface area (Å²) in [6.45, 7) is 1.62. The van der Waals surface area contributed by atoms with Crippen molar-refractivity contribution in [3.05, 3.63) is 64.2 Å². The third kappa shape index (κ3) is 3.52. The second-order valence-corrected chi connectivity index (χ2v) is 7.39. The Balaban J connectivity index is 1.75. The number of carbonyl (C=O) groups excluding carboxylic acids is 1. The highest BCUT2D eigenvalue weighted by atomic mass is 32.2. The predicted molar refractivity (Wildman–Crippen MR) is 87.5 cm³/mol. The molecule has 3 rings (SSSR count). The van der Waals surface area contributed by atoms with Gasteiger partial charge in [-0.05, 0) is 29.8 Å². The standard InChI is InChI=1S/C16H14N2O6S/c1-11(19)24-14-6-2-12(3-7-14)16-10-17(16)25(22,23)15-8-4-13(5-9-15)18(20)21/h2-9,16H,10H2,1H3. The van der Waals surface area contributed by atoms with E-state index in [1.165, 1.54) is 35.5 Å². The van der Waals surface area contributed by atoms with Crippen LogP contribution in [0, 0.1) is 10.1 Å². The summed E-state index contributed by atoms with van der Waals surface area (Å²) < 4.78 is 31.4. The van der Waals surface area contributed by atoms with Crippen LogP contribution in [0.5, 0.6) is 5.75 Å². The fraction of sp³-hybridized carbons (Fsp3) is 0.188. The van der Waals surface area contributed by atoms with E-state index in [4.69, 9.17) is 4.74 Å². The number of carbonyl (C=O) groups is 1. The van der Waals surface area contributed by atoms with Crippen molar-refractivity contribution in [3.8, 4) is 5.75 Å². The Morgan fingerprint density at radius 3 is 2.28 bits per heavy atom. The summed E-state index contributed by atoms with van der Waals surface area (Å²) in [5.74, 6) is -0.0387. The van der Waals surface area contributed by atoms with Crippen LogP contribution in [0.4, 0.5) is 5.69 Å². The van der Waals surface area contributed by atoms with Gasteiger partial charge < -0.3 is 4.74 Å². The van der Waals surface area contributed by atoms with Gasteiger partial charge in [0.2, 0.25) is 10.0 Å². The van der Waals surface area contributed by atoms with Gasteiger partial charge in [0.25, 0.3) is 5.69 Å². The van der Waals surface area contributed by atoms with Crippen molar-refractivity contribution >= 4 is 21.7 Å². The number of ether oxygens (including phenoxy) is 1. The minimum absolute atomic E-state index is 0.0112. The summed E-state index contributed by atoms with van der Waals surface area (Å²) in [5.41, 5.74) is 0.615. The number of esters is 1. The van der Waals surface area contributed by atoms with E-state index >= 15 is 0 Å². The number of non-ortho nitro benzene ring substituents is 1. The first-order valence-corrected chi connectivity index (χ1v) is 8.78. The summed E-state index contributed by atoms with van der Waals surface area (Å²) in [6.07, 6.45) is 0. The topological polar surface area (TPSA) is 107 Å². The van der Waals surface area contributed by atoms with Crippen LogP contribution in [0.1, 0.15) is 18.5 Å². The highest BCUT2D eigenvalue weighted by Crippen LogP contribution is 2.40. The van der Waals surface area contributed by atoms with Crippen LogP contribution < -0.4 is 4.74 Å². The molecule has 2 unspecified atom stereocenters. The van der Waals surface area contributed by atoms with Crippen molar-refractivity contribution in [1.82, 2.24) is 4.31 Å². The maximum absolute atomic E-state index is 12.6. The zero-order valence-corrected chi connectivity index (χ0v) is 14.0. The zero-order valence-electron chi connectivity index (χ0n) is 13.2. The zero-order chi connectivity index (χ0) is 18.2. The van der Waals surface area contributed by atoms with Gasteiger partial charge in [0, 0.05) is 25.6 Å². The van der Waals surface area contributed by atoms with Crippen molar-refractivity contribution in [2.24, 2.45) is 0 Å². The average Bonchev–Trinajstić information content (AvgIpc) is 3.36. The molecule has 130 valence electrons. The van der Waals surface area contributed by atoms with E-state index in [2.05, 4.69) is 0 Å². The first-order valence-electron chi connectivity index (χ1n) is 7.34. The van der Waals surface area contributed by atoms with E-state index in [1.807, 2.05) is 0 Å². The lowest BCUT2D eigenvalue weighted by atomic mass is 10.1. The van der Waals surface area contributed by atoms with E-state index in [0.29, 0.717) is 12.3 Å². The number of sulfonamides is 1. The molecule has 0 radical (unpaired) electrons. The van der Waals surface area contributed by atoms with E-state index < -0.39 is 20.9 Å². The van der Waals surface area contributed by atoms with Crippen molar-refractivity contribution in [2.45, 2.75) is 17.9 Å². The van der Waals surface area contributed by atoms with Crippen LogP contribution in [0.25, 0.3) is 0 Å². The second kappa shape index (κ2) is 6.26. The molecule has 25 heavy (non-hydrogen) atoms. The van der Waals surface area contributed by atoms with E-state index in [1.54, 1.807) is 24.3 Å². The Morgan fingerprint density at radius 1 is 1.16 bits per heavy atom. The number of benzene rings is 2. The number of hydrogen-bond donors (Lipinski definition) is 0. The molecule has 0 spiro atoms. The lowest BCUT2D eigenvalue weighted by Crippen LogP contribution is -2.12. The Labute approximate surface area is 143 Å². The third-order valence-electron chi connectivity index (χ3n) is 3.75. The molecule has 1 saturated heterocycles. The highest BCUT2D eigenvalue weighted by Gasteiger charge is 2.45. The van der Waals surface area contributed by atoms with Gasteiger partial charge in [-0.2, -0.15) is 4.31 Å². The SMILES string of the molecule is CC(=O)Oc1ccc(C2CN2S(=O)(=O)c2ccc([N+](=O)[O-])cc2)cc1. The normalized spacial score (nSPS) is 19.2. The van der Waals surface area contributed by atoms with Crippen molar-refractivity contribution in [3.63, 3.8) is 0 Å². The number of nitrogens with zero attached hydrogens (tertiary/aromatic N) is 2. The smallest absolute Gasteiger partial charge is 0.308 e. The fourth-order valence-electron chi connectivity index (χ4n) is 2.46. The summed E-state index contributed by atoms with van der Waals surface area (Å²) in [4.78, 5) is 21.0. The molecule has 9 heteroatoms. The molecule has 2 aromatic rings. The number of hydrogen-bond acceptors (Lipinski definition) is 6. The minimum atomic E-state index is -3.71. The van der Waals surface area contributed by atoms with Crippen molar-refractivity contribution in [2.75, 3.05) is 6.54 Å². The molecule has 1 aliphatic heterocycles. The van der Waals surface area contributed by atoms with Gasteiger partial charge >= 0.3 is 5.97 Å². The molecule has 0 saturated carbocycles. The van der Waals surface area contributed by atoms with E-state index in [0.717, 1.165) is 5.56 Å². The summed E-state index contributed by atoms with van der Waals surface area (Å²) >= 11 is 0. The second-order valence-electron chi connectivity index (χ2n) is 5.50. The third-order valence-corrected chi connectivity index (χ3v) is 5.64. The number of nitro benzene ring substituents is 1. The maximum Gasteiger partial charge on any atom is 0.308 e. The molecular weight excluding hydrogens is 348 g/mol. The van der Waals surface area contributed by atoms with Gasteiger partial charge in [0.15, 0.2) is 0 Å². The van der Waals surface area contributed by atoms with Gasteiger partial charge in [-0.3, -0.25) is 14.9 Å². The highest BCUT2D eigenvalue weighted by molar-refractivity contribution is 7.89. The molecular formula is C16H14N2O6S. The molecule has 0 aromatic heterocycles. The first kappa shape index (κ1) is 17.1. The van der Waals surface area contributed by atoms with Crippen LogP contribution in [0.15, 0.2) is 53.4 Å². The molecule has 2 atom stereocenters. The minimum Gasteiger partial charge on any atom is -0.427 e. The van der Waals surface area contributed by atoms with Gasteiger partial charge in [-0.1, -0.05) is 12.1 Å². The number of nitro groups is 1. The molecule has 0 N–H and O–H groups in total. The molecule has 2 aromatic carbocycles. The van der Waals surface area contributed by atoms with Gasteiger partial charge in [-0.25, -0.2) is 8.42 Å². The lowest BCUT2D eigenvalue weighted by Gasteiger charge is -2.07. The Bertz CT molecular complexity index is 922. The molecule has 1 aliphatic rings. The van der Waals surface area contributed by atoms with Crippen LogP contribution in [-0.2, 0) is 14.8 Å². The number of rotatable bonds is 5. The fourth-order valence-corrected chi connectivity index (χ4v) is 4.00.